The topological polar surface area (TPSA) is 48.5 Å². The van der Waals surface area contributed by atoms with Gasteiger partial charge in [0, 0.05) is 44.7 Å². The maximum atomic E-state index is 11.9. The fourth-order valence-corrected chi connectivity index (χ4v) is 4.03. The van der Waals surface area contributed by atoms with E-state index in [0.29, 0.717) is 0 Å². The summed E-state index contributed by atoms with van der Waals surface area (Å²) >= 11 is 1.78. The number of piperazine rings is 1. The lowest BCUT2D eigenvalue weighted by Crippen LogP contribution is -2.49. The molecule has 0 unspecified atom stereocenters. The first-order valence-corrected chi connectivity index (χ1v) is 9.77. The molecule has 0 saturated carbocycles. The summed E-state index contributed by atoms with van der Waals surface area (Å²) in [5.74, 6) is 0.121. The molecule has 2 heterocycles. The van der Waals surface area contributed by atoms with Crippen LogP contribution in [0.2, 0.25) is 0 Å². The van der Waals surface area contributed by atoms with Crippen molar-refractivity contribution in [2.75, 3.05) is 44.2 Å². The summed E-state index contributed by atoms with van der Waals surface area (Å²) in [6.07, 6.45) is 0. The minimum Gasteiger partial charge on any atom is -0.354 e. The van der Waals surface area contributed by atoms with Gasteiger partial charge >= 0.3 is 0 Å². The van der Waals surface area contributed by atoms with Crippen molar-refractivity contribution in [1.29, 1.82) is 0 Å². The zero-order chi connectivity index (χ0) is 18.0. The molecule has 0 radical (unpaired) electrons. The van der Waals surface area contributed by atoms with Crippen LogP contribution >= 0.6 is 11.3 Å². The minimum atomic E-state index is -0.316. The van der Waals surface area contributed by atoms with Gasteiger partial charge in [0.1, 0.15) is 0 Å². The molecular formula is C19H28N4OS. The van der Waals surface area contributed by atoms with Crippen LogP contribution in [0, 0.1) is 12.3 Å². The van der Waals surface area contributed by atoms with Gasteiger partial charge in [0.05, 0.1) is 10.2 Å². The number of benzene rings is 1. The Bertz CT molecular complexity index is 741. The van der Waals surface area contributed by atoms with E-state index in [9.17, 15) is 4.79 Å². The van der Waals surface area contributed by atoms with Gasteiger partial charge in [0.2, 0.25) is 5.91 Å². The van der Waals surface area contributed by atoms with Gasteiger partial charge in [-0.05, 0) is 24.6 Å². The standard InChI is InChI=1S/C19H28N4OS/c1-14-5-6-15-16(13-14)25-18(21-15)23-11-9-22(10-12-23)8-7-20-17(24)19(2,3)4/h5-6,13H,7-12H2,1-4H3,(H,20,24). The van der Waals surface area contributed by atoms with Gasteiger partial charge in [-0.15, -0.1) is 0 Å². The van der Waals surface area contributed by atoms with E-state index in [4.69, 9.17) is 4.98 Å². The summed E-state index contributed by atoms with van der Waals surface area (Å²) < 4.78 is 1.27. The molecule has 0 atom stereocenters. The highest BCUT2D eigenvalue weighted by Gasteiger charge is 2.22. The Balaban J connectivity index is 1.49. The maximum absolute atomic E-state index is 11.9. The molecular weight excluding hydrogens is 332 g/mol. The van der Waals surface area contributed by atoms with Gasteiger partial charge in [-0.25, -0.2) is 4.98 Å². The van der Waals surface area contributed by atoms with Gasteiger partial charge in [-0.3, -0.25) is 9.69 Å². The van der Waals surface area contributed by atoms with Crippen molar-refractivity contribution in [3.63, 3.8) is 0 Å². The lowest BCUT2D eigenvalue weighted by Gasteiger charge is -2.34. The van der Waals surface area contributed by atoms with Crippen LogP contribution in [0.1, 0.15) is 26.3 Å². The molecule has 3 rings (SSSR count). The number of hydrogen-bond donors (Lipinski definition) is 1. The van der Waals surface area contributed by atoms with Crippen molar-refractivity contribution < 1.29 is 4.79 Å². The lowest BCUT2D eigenvalue weighted by atomic mass is 9.96. The van der Waals surface area contributed by atoms with E-state index >= 15 is 0 Å². The zero-order valence-electron chi connectivity index (χ0n) is 15.6. The second kappa shape index (κ2) is 7.30. The van der Waals surface area contributed by atoms with E-state index in [1.807, 2.05) is 20.8 Å². The first-order valence-electron chi connectivity index (χ1n) is 8.96. The Morgan fingerprint density at radius 1 is 1.24 bits per heavy atom. The number of aromatic nitrogens is 1. The molecule has 136 valence electrons. The fraction of sp³-hybridized carbons (Fsp3) is 0.579. The molecule has 1 fully saturated rings. The molecule has 0 aliphatic carbocycles. The molecule has 6 heteroatoms. The predicted molar refractivity (Wildman–Crippen MR) is 105 cm³/mol. The monoisotopic (exact) mass is 360 g/mol. The molecule has 1 N–H and O–H groups in total. The molecule has 1 saturated heterocycles. The minimum absolute atomic E-state index is 0.121. The number of aryl methyl sites for hydroxylation is 1. The largest absolute Gasteiger partial charge is 0.354 e. The number of nitrogens with zero attached hydrogens (tertiary/aromatic N) is 3. The van der Waals surface area contributed by atoms with Gasteiger partial charge < -0.3 is 10.2 Å². The van der Waals surface area contributed by atoms with Crippen LogP contribution < -0.4 is 10.2 Å². The molecule has 25 heavy (non-hydrogen) atoms. The van der Waals surface area contributed by atoms with Gasteiger partial charge in [0.15, 0.2) is 5.13 Å². The number of fused-ring (bicyclic) bond motifs is 1. The van der Waals surface area contributed by atoms with E-state index in [-0.39, 0.29) is 11.3 Å². The lowest BCUT2D eigenvalue weighted by molar-refractivity contribution is -0.128. The molecule has 1 amide bonds. The highest BCUT2D eigenvalue weighted by molar-refractivity contribution is 7.22. The Morgan fingerprint density at radius 3 is 2.64 bits per heavy atom. The van der Waals surface area contributed by atoms with E-state index < -0.39 is 0 Å². The predicted octanol–water partition coefficient (Wildman–Crippen LogP) is 2.89. The summed E-state index contributed by atoms with van der Waals surface area (Å²) in [7, 11) is 0. The van der Waals surface area contributed by atoms with Crippen molar-refractivity contribution in [2.24, 2.45) is 5.41 Å². The fourth-order valence-electron chi connectivity index (χ4n) is 2.91. The molecule has 1 aromatic carbocycles. The summed E-state index contributed by atoms with van der Waals surface area (Å²) in [5, 5.41) is 4.16. The van der Waals surface area contributed by atoms with Crippen molar-refractivity contribution in [2.45, 2.75) is 27.7 Å². The van der Waals surface area contributed by atoms with Crippen LogP contribution in [0.15, 0.2) is 18.2 Å². The van der Waals surface area contributed by atoms with Crippen molar-refractivity contribution in [3.05, 3.63) is 23.8 Å². The van der Waals surface area contributed by atoms with Crippen LogP contribution in [0.5, 0.6) is 0 Å². The Hall–Kier alpha value is -1.66. The summed E-state index contributed by atoms with van der Waals surface area (Å²) in [6, 6.07) is 6.44. The molecule has 1 aromatic heterocycles. The molecule has 1 aliphatic heterocycles. The van der Waals surface area contributed by atoms with E-state index in [1.165, 1.54) is 10.3 Å². The Morgan fingerprint density at radius 2 is 1.96 bits per heavy atom. The normalized spacial score (nSPS) is 16.4. The summed E-state index contributed by atoms with van der Waals surface area (Å²) in [4.78, 5) is 21.5. The van der Waals surface area contributed by atoms with Crippen LogP contribution in [-0.2, 0) is 4.79 Å². The van der Waals surface area contributed by atoms with E-state index in [1.54, 1.807) is 11.3 Å². The van der Waals surface area contributed by atoms with Gasteiger partial charge in [0.25, 0.3) is 0 Å². The number of hydrogen-bond acceptors (Lipinski definition) is 5. The first-order chi connectivity index (χ1) is 11.8. The Labute approximate surface area is 154 Å². The number of nitrogens with one attached hydrogen (secondary N) is 1. The number of anilines is 1. The molecule has 1 aliphatic rings. The number of rotatable bonds is 4. The third-order valence-corrected chi connectivity index (χ3v) is 5.65. The average Bonchev–Trinajstić information content (AvgIpc) is 2.97. The number of thiazole rings is 1. The zero-order valence-corrected chi connectivity index (χ0v) is 16.4. The van der Waals surface area contributed by atoms with Gasteiger partial charge in [-0.1, -0.05) is 38.2 Å². The van der Waals surface area contributed by atoms with Crippen LogP contribution in [0.3, 0.4) is 0 Å². The number of amides is 1. The highest BCUT2D eigenvalue weighted by Crippen LogP contribution is 2.29. The quantitative estimate of drug-likeness (QED) is 0.911. The van der Waals surface area contributed by atoms with Crippen LogP contribution in [0.25, 0.3) is 10.2 Å². The van der Waals surface area contributed by atoms with Crippen molar-refractivity contribution >= 4 is 32.6 Å². The highest BCUT2D eigenvalue weighted by atomic mass is 32.1. The van der Waals surface area contributed by atoms with Gasteiger partial charge in [-0.2, -0.15) is 0 Å². The molecule has 0 bridgehead atoms. The van der Waals surface area contributed by atoms with Crippen LogP contribution in [-0.4, -0.2) is 55.1 Å². The summed E-state index contributed by atoms with van der Waals surface area (Å²) in [6.45, 7) is 13.6. The average molecular weight is 361 g/mol. The van der Waals surface area contributed by atoms with E-state index in [0.717, 1.165) is 49.9 Å². The summed E-state index contributed by atoms with van der Waals surface area (Å²) in [5.41, 5.74) is 2.06. The third kappa shape index (κ3) is 4.50. The second-order valence-corrected chi connectivity index (χ2v) is 8.81. The Kier molecular flexibility index (Phi) is 5.29. The number of carbonyl (C=O) groups excluding carboxylic acids is 1. The van der Waals surface area contributed by atoms with E-state index in [2.05, 4.69) is 40.2 Å². The third-order valence-electron chi connectivity index (χ3n) is 4.57. The molecule has 2 aromatic rings. The van der Waals surface area contributed by atoms with Crippen molar-refractivity contribution in [3.8, 4) is 0 Å². The number of carbonyl (C=O) groups is 1. The maximum Gasteiger partial charge on any atom is 0.225 e. The second-order valence-electron chi connectivity index (χ2n) is 7.80. The van der Waals surface area contributed by atoms with Crippen molar-refractivity contribution in [1.82, 2.24) is 15.2 Å². The smallest absolute Gasteiger partial charge is 0.225 e. The SMILES string of the molecule is Cc1ccc2nc(N3CCN(CCNC(=O)C(C)(C)C)CC3)sc2c1. The molecule has 0 spiro atoms. The molecule has 5 nitrogen and oxygen atoms in total. The first kappa shape index (κ1) is 18.1. The van der Waals surface area contributed by atoms with Crippen LogP contribution in [0.4, 0.5) is 5.13 Å².